The standard InChI is InChI=1S/C18H19ClN2O3/c1-24-17(22)10-11-21(13-14-6-3-2-4-7-14)18(23)20-16-9-5-8-15(19)12-16/h2-9,12H,10-11,13H2,1H3,(H,20,23). The summed E-state index contributed by atoms with van der Waals surface area (Å²) in [6.45, 7) is 0.651. The van der Waals surface area contributed by atoms with Gasteiger partial charge in [-0.1, -0.05) is 48.0 Å². The van der Waals surface area contributed by atoms with E-state index < -0.39 is 0 Å². The molecule has 0 fully saturated rings. The molecule has 0 unspecified atom stereocenters. The second-order valence-corrected chi connectivity index (χ2v) is 5.61. The monoisotopic (exact) mass is 346 g/mol. The zero-order chi connectivity index (χ0) is 17.4. The summed E-state index contributed by atoms with van der Waals surface area (Å²) in [7, 11) is 1.33. The van der Waals surface area contributed by atoms with Crippen LogP contribution in [0.15, 0.2) is 54.6 Å². The number of amides is 2. The number of halogens is 1. The zero-order valence-electron chi connectivity index (χ0n) is 13.4. The van der Waals surface area contributed by atoms with Gasteiger partial charge in [-0.25, -0.2) is 4.79 Å². The van der Waals surface area contributed by atoms with E-state index in [4.69, 9.17) is 11.6 Å². The first-order chi connectivity index (χ1) is 11.6. The van der Waals surface area contributed by atoms with Crippen LogP contribution in [0.5, 0.6) is 0 Å². The second kappa shape index (κ2) is 8.93. The minimum Gasteiger partial charge on any atom is -0.469 e. The maximum absolute atomic E-state index is 12.5. The van der Waals surface area contributed by atoms with Crippen LogP contribution < -0.4 is 5.32 Å². The fourth-order valence-corrected chi connectivity index (χ4v) is 2.34. The van der Waals surface area contributed by atoms with Crippen molar-refractivity contribution in [1.82, 2.24) is 4.90 Å². The van der Waals surface area contributed by atoms with Crippen molar-refractivity contribution in [2.45, 2.75) is 13.0 Å². The van der Waals surface area contributed by atoms with E-state index in [9.17, 15) is 9.59 Å². The molecule has 0 radical (unpaired) electrons. The van der Waals surface area contributed by atoms with Gasteiger partial charge in [-0.3, -0.25) is 4.79 Å². The summed E-state index contributed by atoms with van der Waals surface area (Å²) in [6.07, 6.45) is 0.131. The molecule has 0 saturated carbocycles. The summed E-state index contributed by atoms with van der Waals surface area (Å²) in [5, 5.41) is 3.33. The number of methoxy groups -OCH3 is 1. The van der Waals surface area contributed by atoms with E-state index in [1.807, 2.05) is 30.3 Å². The lowest BCUT2D eigenvalue weighted by Gasteiger charge is -2.23. The lowest BCUT2D eigenvalue weighted by Crippen LogP contribution is -2.36. The Bertz CT molecular complexity index is 692. The van der Waals surface area contributed by atoms with Crippen molar-refractivity contribution in [2.75, 3.05) is 19.0 Å². The van der Waals surface area contributed by atoms with E-state index in [1.54, 1.807) is 29.2 Å². The van der Waals surface area contributed by atoms with Crippen molar-refractivity contribution >= 4 is 29.3 Å². The highest BCUT2D eigenvalue weighted by Crippen LogP contribution is 2.16. The molecule has 0 atom stereocenters. The number of nitrogens with zero attached hydrogens (tertiary/aromatic N) is 1. The van der Waals surface area contributed by atoms with Crippen LogP contribution in [0.4, 0.5) is 10.5 Å². The molecule has 0 aliphatic heterocycles. The molecule has 2 aromatic rings. The number of ether oxygens (including phenoxy) is 1. The molecule has 6 heteroatoms. The Labute approximate surface area is 146 Å². The van der Waals surface area contributed by atoms with Gasteiger partial charge >= 0.3 is 12.0 Å². The van der Waals surface area contributed by atoms with Crippen molar-refractivity contribution in [1.29, 1.82) is 0 Å². The van der Waals surface area contributed by atoms with Gasteiger partial charge < -0.3 is 15.0 Å². The normalized spacial score (nSPS) is 10.1. The summed E-state index contributed by atoms with van der Waals surface area (Å²) < 4.78 is 4.65. The van der Waals surface area contributed by atoms with E-state index >= 15 is 0 Å². The van der Waals surface area contributed by atoms with Crippen LogP contribution in [-0.4, -0.2) is 30.6 Å². The largest absolute Gasteiger partial charge is 0.469 e. The van der Waals surface area contributed by atoms with E-state index in [0.717, 1.165) is 5.56 Å². The SMILES string of the molecule is COC(=O)CCN(Cc1ccccc1)C(=O)Nc1cccc(Cl)c1. The van der Waals surface area contributed by atoms with Crippen molar-refractivity contribution in [3.05, 3.63) is 65.2 Å². The molecule has 24 heavy (non-hydrogen) atoms. The Balaban J connectivity index is 2.08. The van der Waals surface area contributed by atoms with Crippen LogP contribution in [0.1, 0.15) is 12.0 Å². The van der Waals surface area contributed by atoms with Gasteiger partial charge in [-0.2, -0.15) is 0 Å². The van der Waals surface area contributed by atoms with Gasteiger partial charge in [-0.15, -0.1) is 0 Å². The molecule has 0 bridgehead atoms. The quantitative estimate of drug-likeness (QED) is 0.806. The smallest absolute Gasteiger partial charge is 0.322 e. The molecule has 0 aliphatic rings. The van der Waals surface area contributed by atoms with Crippen LogP contribution >= 0.6 is 11.6 Å². The molecule has 0 aromatic heterocycles. The molecule has 0 spiro atoms. The number of hydrogen-bond acceptors (Lipinski definition) is 3. The van der Waals surface area contributed by atoms with Gasteiger partial charge in [0.25, 0.3) is 0 Å². The van der Waals surface area contributed by atoms with Gasteiger partial charge in [0.15, 0.2) is 0 Å². The number of nitrogens with one attached hydrogen (secondary N) is 1. The second-order valence-electron chi connectivity index (χ2n) is 5.17. The van der Waals surface area contributed by atoms with Crippen molar-refractivity contribution < 1.29 is 14.3 Å². The number of esters is 1. The topological polar surface area (TPSA) is 58.6 Å². The van der Waals surface area contributed by atoms with Crippen molar-refractivity contribution in [2.24, 2.45) is 0 Å². The number of carbonyl (C=O) groups is 2. The molecular weight excluding hydrogens is 328 g/mol. The van der Waals surface area contributed by atoms with Crippen molar-refractivity contribution in [3.8, 4) is 0 Å². The van der Waals surface area contributed by atoms with Gasteiger partial charge in [0.1, 0.15) is 0 Å². The molecule has 0 saturated heterocycles. The lowest BCUT2D eigenvalue weighted by atomic mass is 10.2. The van der Waals surface area contributed by atoms with E-state index in [-0.39, 0.29) is 25.0 Å². The zero-order valence-corrected chi connectivity index (χ0v) is 14.1. The fourth-order valence-electron chi connectivity index (χ4n) is 2.15. The first-order valence-corrected chi connectivity index (χ1v) is 7.88. The predicted molar refractivity (Wildman–Crippen MR) is 94.0 cm³/mol. The Morgan fingerprint density at radius 3 is 2.54 bits per heavy atom. The summed E-state index contributed by atoms with van der Waals surface area (Å²) in [4.78, 5) is 25.5. The van der Waals surface area contributed by atoms with Crippen LogP contribution in [0.25, 0.3) is 0 Å². The summed E-state index contributed by atoms with van der Waals surface area (Å²) in [5.74, 6) is -0.358. The Morgan fingerprint density at radius 1 is 1.12 bits per heavy atom. The Morgan fingerprint density at radius 2 is 1.88 bits per heavy atom. The predicted octanol–water partition coefficient (Wildman–Crippen LogP) is 3.94. The van der Waals surface area contributed by atoms with E-state index in [1.165, 1.54) is 7.11 Å². The molecule has 5 nitrogen and oxygen atoms in total. The Kier molecular flexibility index (Phi) is 6.63. The molecule has 126 valence electrons. The number of rotatable bonds is 6. The highest BCUT2D eigenvalue weighted by Gasteiger charge is 2.16. The third-order valence-corrected chi connectivity index (χ3v) is 3.63. The van der Waals surface area contributed by atoms with Gasteiger partial charge in [0.2, 0.25) is 0 Å². The number of urea groups is 1. The molecule has 2 aromatic carbocycles. The van der Waals surface area contributed by atoms with Crippen LogP contribution in [0.3, 0.4) is 0 Å². The number of anilines is 1. The summed E-state index contributed by atoms with van der Waals surface area (Å²) in [5.41, 5.74) is 1.58. The molecule has 2 amide bonds. The first kappa shape index (κ1) is 17.8. The number of benzene rings is 2. The number of carbonyl (C=O) groups excluding carboxylic acids is 2. The average Bonchev–Trinajstić information content (AvgIpc) is 2.59. The molecule has 0 aliphatic carbocycles. The molecule has 0 heterocycles. The van der Waals surface area contributed by atoms with Crippen molar-refractivity contribution in [3.63, 3.8) is 0 Å². The molecule has 1 N–H and O–H groups in total. The molecular formula is C18H19ClN2O3. The minimum atomic E-state index is -0.358. The Hall–Kier alpha value is -2.53. The maximum atomic E-state index is 12.5. The third-order valence-electron chi connectivity index (χ3n) is 3.39. The summed E-state index contributed by atoms with van der Waals surface area (Å²) in [6, 6.07) is 16.2. The summed E-state index contributed by atoms with van der Waals surface area (Å²) >= 11 is 5.93. The highest BCUT2D eigenvalue weighted by molar-refractivity contribution is 6.30. The maximum Gasteiger partial charge on any atom is 0.322 e. The van der Waals surface area contributed by atoms with E-state index in [2.05, 4.69) is 10.1 Å². The van der Waals surface area contributed by atoms with E-state index in [0.29, 0.717) is 17.3 Å². The first-order valence-electron chi connectivity index (χ1n) is 7.50. The number of hydrogen-bond donors (Lipinski definition) is 1. The van der Waals surface area contributed by atoms with Crippen LogP contribution in [0.2, 0.25) is 5.02 Å². The van der Waals surface area contributed by atoms with Gasteiger partial charge in [0, 0.05) is 23.8 Å². The van der Waals surface area contributed by atoms with Gasteiger partial charge in [0.05, 0.1) is 13.5 Å². The fraction of sp³-hybridized carbons (Fsp3) is 0.222. The average molecular weight is 347 g/mol. The molecule has 2 rings (SSSR count). The highest BCUT2D eigenvalue weighted by atomic mass is 35.5. The van der Waals surface area contributed by atoms with Gasteiger partial charge in [-0.05, 0) is 23.8 Å². The van der Waals surface area contributed by atoms with Crippen LogP contribution in [0, 0.1) is 0 Å². The lowest BCUT2D eigenvalue weighted by molar-refractivity contribution is -0.140. The minimum absolute atomic E-state index is 0.131. The van der Waals surface area contributed by atoms with Crippen LogP contribution in [-0.2, 0) is 16.1 Å². The third kappa shape index (κ3) is 5.59.